The fourth-order valence-corrected chi connectivity index (χ4v) is 1.25. The molecule has 6 nitrogen and oxygen atoms in total. The lowest BCUT2D eigenvalue weighted by atomic mass is 10.3. The molecule has 0 bridgehead atoms. The highest BCUT2D eigenvalue weighted by Gasteiger charge is 2.11. The highest BCUT2D eigenvalue weighted by Crippen LogP contribution is 2.03. The molecule has 0 aromatic rings. The van der Waals surface area contributed by atoms with Crippen LogP contribution in [0, 0.1) is 16.7 Å². The van der Waals surface area contributed by atoms with Gasteiger partial charge in [-0.1, -0.05) is 6.58 Å². The van der Waals surface area contributed by atoms with Crippen LogP contribution < -0.4 is 11.1 Å². The summed E-state index contributed by atoms with van der Waals surface area (Å²) in [6.45, 7) is 6.71. The molecule has 6 heteroatoms. The van der Waals surface area contributed by atoms with Gasteiger partial charge >= 0.3 is 0 Å². The van der Waals surface area contributed by atoms with E-state index < -0.39 is 0 Å². The van der Waals surface area contributed by atoms with Gasteiger partial charge in [0.15, 0.2) is 0 Å². The van der Waals surface area contributed by atoms with E-state index in [9.17, 15) is 0 Å². The Bertz CT molecular complexity index is 349. The Hall–Kier alpha value is -2.00. The van der Waals surface area contributed by atoms with Crippen LogP contribution in [-0.2, 0) is 4.74 Å². The fourth-order valence-electron chi connectivity index (χ4n) is 1.25. The van der Waals surface area contributed by atoms with Gasteiger partial charge in [-0.05, 0) is 0 Å². The zero-order valence-electron chi connectivity index (χ0n) is 8.99. The number of nitrogens with zero attached hydrogens (tertiary/aromatic N) is 2. The molecular weight excluding hydrogens is 206 g/mol. The second kappa shape index (κ2) is 5.78. The first-order chi connectivity index (χ1) is 7.65. The molecule has 1 aliphatic rings. The van der Waals surface area contributed by atoms with Gasteiger partial charge in [0.25, 0.3) is 0 Å². The number of morpholine rings is 1. The second-order valence-electron chi connectivity index (χ2n) is 3.27. The van der Waals surface area contributed by atoms with Crippen molar-refractivity contribution < 1.29 is 4.74 Å². The summed E-state index contributed by atoms with van der Waals surface area (Å²) in [6.07, 6.45) is 1.39. The summed E-state index contributed by atoms with van der Waals surface area (Å²) >= 11 is 0. The van der Waals surface area contributed by atoms with E-state index in [-0.39, 0.29) is 11.4 Å². The highest BCUT2D eigenvalue weighted by atomic mass is 16.5. The molecule has 0 atom stereocenters. The summed E-state index contributed by atoms with van der Waals surface area (Å²) < 4.78 is 5.20. The van der Waals surface area contributed by atoms with Crippen molar-refractivity contribution in [2.75, 3.05) is 26.3 Å². The molecule has 4 N–H and O–H groups in total. The number of nitrogens with one attached hydrogen (secondary N) is 2. The van der Waals surface area contributed by atoms with E-state index in [1.807, 2.05) is 11.0 Å². The van der Waals surface area contributed by atoms with Gasteiger partial charge in [0, 0.05) is 19.3 Å². The van der Waals surface area contributed by atoms with Crippen molar-refractivity contribution in [3.63, 3.8) is 0 Å². The lowest BCUT2D eigenvalue weighted by molar-refractivity contribution is 0.0515. The predicted molar refractivity (Wildman–Crippen MR) is 60.3 cm³/mol. The molecule has 1 rings (SSSR count). The molecule has 16 heavy (non-hydrogen) atoms. The first-order valence-electron chi connectivity index (χ1n) is 4.88. The van der Waals surface area contributed by atoms with Gasteiger partial charge in [-0.3, -0.25) is 5.41 Å². The number of nitrogens with two attached hydrogens (primary N) is 1. The van der Waals surface area contributed by atoms with Crippen LogP contribution in [0.1, 0.15) is 0 Å². The molecule has 1 aliphatic heterocycles. The number of ether oxygens (including phenoxy) is 1. The smallest absolute Gasteiger partial charge is 0.135 e. The number of hydrogen-bond acceptors (Lipinski definition) is 5. The van der Waals surface area contributed by atoms with E-state index in [2.05, 4.69) is 11.9 Å². The third kappa shape index (κ3) is 3.29. The molecule has 0 aliphatic carbocycles. The summed E-state index contributed by atoms with van der Waals surface area (Å²) in [6, 6.07) is 1.82. The minimum Gasteiger partial charge on any atom is -0.383 e. The quantitative estimate of drug-likeness (QED) is 0.344. The largest absolute Gasteiger partial charge is 0.383 e. The van der Waals surface area contributed by atoms with E-state index in [4.69, 9.17) is 21.1 Å². The molecule has 86 valence electrons. The molecular formula is C10H15N5O. The zero-order chi connectivity index (χ0) is 12.0. The van der Waals surface area contributed by atoms with Crippen LogP contribution in [0.25, 0.3) is 0 Å². The summed E-state index contributed by atoms with van der Waals surface area (Å²) in [7, 11) is 0. The van der Waals surface area contributed by atoms with E-state index in [1.54, 1.807) is 0 Å². The van der Waals surface area contributed by atoms with Gasteiger partial charge in [-0.15, -0.1) is 0 Å². The van der Waals surface area contributed by atoms with Crippen molar-refractivity contribution in [3.8, 4) is 6.07 Å². The third-order valence-electron chi connectivity index (χ3n) is 2.19. The molecule has 1 fully saturated rings. The number of nitriles is 1. The van der Waals surface area contributed by atoms with Crippen molar-refractivity contribution in [2.45, 2.75) is 0 Å². The van der Waals surface area contributed by atoms with Gasteiger partial charge in [0.2, 0.25) is 0 Å². The molecule has 0 unspecified atom stereocenters. The van der Waals surface area contributed by atoms with E-state index >= 15 is 0 Å². The van der Waals surface area contributed by atoms with Gasteiger partial charge < -0.3 is 20.7 Å². The van der Waals surface area contributed by atoms with Crippen molar-refractivity contribution in [1.82, 2.24) is 10.2 Å². The average molecular weight is 221 g/mol. The van der Waals surface area contributed by atoms with Crippen LogP contribution in [-0.4, -0.2) is 37.0 Å². The number of rotatable bonds is 4. The summed E-state index contributed by atoms with van der Waals surface area (Å²) in [4.78, 5) is 2.01. The molecule has 0 aromatic carbocycles. The summed E-state index contributed by atoms with van der Waals surface area (Å²) in [5.41, 5.74) is 5.29. The number of amidine groups is 1. The maximum Gasteiger partial charge on any atom is 0.135 e. The maximum atomic E-state index is 8.68. The van der Waals surface area contributed by atoms with Crippen LogP contribution >= 0.6 is 0 Å². The molecule has 0 spiro atoms. The van der Waals surface area contributed by atoms with E-state index in [0.717, 1.165) is 13.1 Å². The van der Waals surface area contributed by atoms with Gasteiger partial charge in [0.1, 0.15) is 17.5 Å². The van der Waals surface area contributed by atoms with Gasteiger partial charge in [0.05, 0.1) is 19.0 Å². The van der Waals surface area contributed by atoms with Crippen LogP contribution in [0.5, 0.6) is 0 Å². The molecule has 0 radical (unpaired) electrons. The van der Waals surface area contributed by atoms with Crippen molar-refractivity contribution >= 4 is 5.84 Å². The zero-order valence-corrected chi connectivity index (χ0v) is 8.99. The Balaban J connectivity index is 2.51. The lowest BCUT2D eigenvalue weighted by Gasteiger charge is -2.30. The van der Waals surface area contributed by atoms with Crippen molar-refractivity contribution in [3.05, 3.63) is 24.2 Å². The fraction of sp³-hybridized carbons (Fsp3) is 0.400. The van der Waals surface area contributed by atoms with Crippen LogP contribution in [0.4, 0.5) is 0 Å². The normalized spacial score (nSPS) is 16.4. The van der Waals surface area contributed by atoms with Gasteiger partial charge in [-0.2, -0.15) is 5.26 Å². The van der Waals surface area contributed by atoms with E-state index in [0.29, 0.717) is 19.0 Å². The van der Waals surface area contributed by atoms with Crippen LogP contribution in [0.2, 0.25) is 0 Å². The molecule has 0 saturated carbocycles. The maximum absolute atomic E-state index is 8.68. The Morgan fingerprint density at radius 2 is 2.19 bits per heavy atom. The topological polar surface area (TPSA) is 98.2 Å². The Morgan fingerprint density at radius 1 is 1.56 bits per heavy atom. The Labute approximate surface area is 94.5 Å². The minimum atomic E-state index is -0.259. The SMILES string of the molecule is C=C(NC=C(C#N)C(=N)N)N1CCOCC1. The standard InChI is InChI=1S/C10H15N5O/c1-8(15-2-4-16-5-3-15)14-7-9(6-11)10(12)13/h7,14H,1-5H2,(H3,12,13). The molecule has 0 aromatic heterocycles. The highest BCUT2D eigenvalue weighted by molar-refractivity contribution is 5.97. The second-order valence-corrected chi connectivity index (χ2v) is 3.27. The monoisotopic (exact) mass is 221 g/mol. The van der Waals surface area contributed by atoms with Crippen molar-refractivity contribution in [2.24, 2.45) is 5.73 Å². The van der Waals surface area contributed by atoms with Gasteiger partial charge in [-0.25, -0.2) is 0 Å². The minimum absolute atomic E-state index is 0.0920. The summed E-state index contributed by atoms with van der Waals surface area (Å²) in [5, 5.41) is 18.7. The van der Waals surface area contributed by atoms with Crippen LogP contribution in [0.3, 0.4) is 0 Å². The molecule has 1 saturated heterocycles. The summed E-state index contributed by atoms with van der Waals surface area (Å²) in [5.74, 6) is 0.419. The Kier molecular flexibility index (Phi) is 4.36. The first kappa shape index (κ1) is 12.1. The molecule has 1 heterocycles. The predicted octanol–water partition coefficient (Wildman–Crippen LogP) is -0.277. The third-order valence-corrected chi connectivity index (χ3v) is 2.19. The first-order valence-corrected chi connectivity index (χ1v) is 4.88. The average Bonchev–Trinajstić information content (AvgIpc) is 2.30. The van der Waals surface area contributed by atoms with E-state index in [1.165, 1.54) is 6.20 Å². The van der Waals surface area contributed by atoms with Crippen molar-refractivity contribution in [1.29, 1.82) is 10.7 Å². The molecule has 0 amide bonds. The van der Waals surface area contributed by atoms with Crippen LogP contribution in [0.15, 0.2) is 24.2 Å². The lowest BCUT2D eigenvalue weighted by Crippen LogP contribution is -2.38. The Morgan fingerprint density at radius 3 is 2.69 bits per heavy atom. The number of hydrogen-bond donors (Lipinski definition) is 3.